The molecule has 0 aliphatic carbocycles. The highest BCUT2D eigenvalue weighted by molar-refractivity contribution is 7.11. The molecule has 0 atom stereocenters. The molecule has 1 aromatic rings. The average molecular weight is 241 g/mol. The number of hydrogen-bond donors (Lipinski definition) is 1. The molecule has 90 valence electrons. The molecule has 0 spiro atoms. The van der Waals surface area contributed by atoms with E-state index >= 15 is 0 Å². The fourth-order valence-corrected chi connectivity index (χ4v) is 2.01. The van der Waals surface area contributed by atoms with Crippen molar-refractivity contribution in [1.82, 2.24) is 15.2 Å². The number of carbonyl (C=O) groups is 1. The van der Waals surface area contributed by atoms with Crippen LogP contribution in [0.5, 0.6) is 0 Å². The second-order valence-corrected chi connectivity index (χ2v) is 4.37. The normalized spacial score (nSPS) is 10.7. The molecule has 4 nitrogen and oxygen atoms in total. The molecule has 5 heteroatoms. The van der Waals surface area contributed by atoms with E-state index in [1.54, 1.807) is 6.20 Å². The standard InChI is InChI=1S/C11H19N3OS/c1-3-14(4-2)8-5-6-12-10(15)11-13-7-9-16-11/h7,9H,3-6,8H2,1-2H3,(H,12,15). The topological polar surface area (TPSA) is 45.2 Å². The summed E-state index contributed by atoms with van der Waals surface area (Å²) >= 11 is 1.37. The van der Waals surface area contributed by atoms with Gasteiger partial charge in [0.05, 0.1) is 0 Å². The minimum atomic E-state index is -0.0606. The number of aromatic nitrogens is 1. The van der Waals surface area contributed by atoms with Gasteiger partial charge in [-0.25, -0.2) is 4.98 Å². The molecular formula is C11H19N3OS. The van der Waals surface area contributed by atoms with Crippen molar-refractivity contribution in [3.05, 3.63) is 16.6 Å². The van der Waals surface area contributed by atoms with Crippen LogP contribution in [0.4, 0.5) is 0 Å². The van der Waals surface area contributed by atoms with Crippen molar-refractivity contribution in [3.8, 4) is 0 Å². The summed E-state index contributed by atoms with van der Waals surface area (Å²) in [5, 5.41) is 5.23. The monoisotopic (exact) mass is 241 g/mol. The number of hydrogen-bond acceptors (Lipinski definition) is 4. The van der Waals surface area contributed by atoms with Crippen molar-refractivity contribution >= 4 is 17.2 Å². The molecule has 0 radical (unpaired) electrons. The molecule has 0 aromatic carbocycles. The van der Waals surface area contributed by atoms with E-state index in [1.165, 1.54) is 11.3 Å². The van der Waals surface area contributed by atoms with E-state index in [2.05, 4.69) is 29.0 Å². The first-order valence-corrected chi connectivity index (χ1v) is 6.56. The molecule has 0 saturated heterocycles. The Balaban J connectivity index is 2.14. The van der Waals surface area contributed by atoms with Gasteiger partial charge in [0.25, 0.3) is 5.91 Å². The molecule has 1 aromatic heterocycles. The van der Waals surface area contributed by atoms with E-state index in [-0.39, 0.29) is 5.91 Å². The SMILES string of the molecule is CCN(CC)CCCNC(=O)c1nccs1. The van der Waals surface area contributed by atoms with E-state index in [0.717, 1.165) is 32.6 Å². The van der Waals surface area contributed by atoms with Gasteiger partial charge in [0.15, 0.2) is 5.01 Å². The summed E-state index contributed by atoms with van der Waals surface area (Å²) < 4.78 is 0. The van der Waals surface area contributed by atoms with E-state index in [0.29, 0.717) is 5.01 Å². The van der Waals surface area contributed by atoms with Gasteiger partial charge in [-0.1, -0.05) is 13.8 Å². The maximum atomic E-state index is 11.5. The Labute approximate surface area is 101 Å². The zero-order chi connectivity index (χ0) is 11.8. The summed E-state index contributed by atoms with van der Waals surface area (Å²) in [6.45, 7) is 8.18. The summed E-state index contributed by atoms with van der Waals surface area (Å²) in [5.41, 5.74) is 0. The molecule has 1 rings (SSSR count). The highest BCUT2D eigenvalue weighted by Gasteiger charge is 2.06. The third kappa shape index (κ3) is 4.28. The van der Waals surface area contributed by atoms with Gasteiger partial charge in [0.2, 0.25) is 0 Å². The van der Waals surface area contributed by atoms with Gasteiger partial charge in [-0.05, 0) is 26.1 Å². The highest BCUT2D eigenvalue weighted by atomic mass is 32.1. The zero-order valence-corrected chi connectivity index (χ0v) is 10.7. The molecule has 0 unspecified atom stereocenters. The number of nitrogens with zero attached hydrogens (tertiary/aromatic N) is 2. The maximum absolute atomic E-state index is 11.5. The molecule has 0 saturated carbocycles. The van der Waals surface area contributed by atoms with Crippen LogP contribution in [0.25, 0.3) is 0 Å². The van der Waals surface area contributed by atoms with Gasteiger partial charge in [0, 0.05) is 18.1 Å². The van der Waals surface area contributed by atoms with Gasteiger partial charge in [-0.15, -0.1) is 11.3 Å². The lowest BCUT2D eigenvalue weighted by Gasteiger charge is -2.17. The molecular weight excluding hydrogens is 222 g/mol. The minimum Gasteiger partial charge on any atom is -0.350 e. The predicted molar refractivity (Wildman–Crippen MR) is 66.9 cm³/mol. The number of nitrogens with one attached hydrogen (secondary N) is 1. The third-order valence-electron chi connectivity index (χ3n) is 2.46. The van der Waals surface area contributed by atoms with Crippen LogP contribution in [0.1, 0.15) is 30.1 Å². The average Bonchev–Trinajstić information content (AvgIpc) is 2.82. The van der Waals surface area contributed by atoms with Crippen molar-refractivity contribution in [2.45, 2.75) is 20.3 Å². The Morgan fingerprint density at radius 2 is 2.25 bits per heavy atom. The van der Waals surface area contributed by atoms with Crippen LogP contribution in [0.3, 0.4) is 0 Å². The third-order valence-corrected chi connectivity index (χ3v) is 3.23. The lowest BCUT2D eigenvalue weighted by atomic mass is 10.3. The maximum Gasteiger partial charge on any atom is 0.280 e. The molecule has 0 aliphatic heterocycles. The molecule has 0 aliphatic rings. The van der Waals surface area contributed by atoms with Crippen molar-refractivity contribution in [3.63, 3.8) is 0 Å². The predicted octanol–water partition coefficient (Wildman–Crippen LogP) is 1.60. The Morgan fingerprint density at radius 3 is 2.81 bits per heavy atom. The molecule has 16 heavy (non-hydrogen) atoms. The van der Waals surface area contributed by atoms with E-state index < -0.39 is 0 Å². The van der Waals surface area contributed by atoms with E-state index in [4.69, 9.17) is 0 Å². The number of amides is 1. The molecule has 1 N–H and O–H groups in total. The zero-order valence-electron chi connectivity index (χ0n) is 9.90. The first kappa shape index (κ1) is 13.1. The Morgan fingerprint density at radius 1 is 1.50 bits per heavy atom. The fraction of sp³-hybridized carbons (Fsp3) is 0.636. The van der Waals surface area contributed by atoms with Gasteiger partial charge in [-0.2, -0.15) is 0 Å². The second kappa shape index (κ2) is 7.35. The van der Waals surface area contributed by atoms with E-state index in [9.17, 15) is 4.79 Å². The molecule has 1 heterocycles. The van der Waals surface area contributed by atoms with Crippen molar-refractivity contribution in [1.29, 1.82) is 0 Å². The lowest BCUT2D eigenvalue weighted by Crippen LogP contribution is -2.29. The number of thiazole rings is 1. The van der Waals surface area contributed by atoms with Crippen LogP contribution < -0.4 is 5.32 Å². The summed E-state index contributed by atoms with van der Waals surface area (Å²) in [6, 6.07) is 0. The number of carbonyl (C=O) groups excluding carboxylic acids is 1. The molecule has 0 fully saturated rings. The summed E-state index contributed by atoms with van der Waals surface area (Å²) in [7, 11) is 0. The van der Waals surface area contributed by atoms with Gasteiger partial charge >= 0.3 is 0 Å². The first-order valence-electron chi connectivity index (χ1n) is 5.68. The van der Waals surface area contributed by atoms with Gasteiger partial charge in [0.1, 0.15) is 0 Å². The van der Waals surface area contributed by atoms with Gasteiger partial charge in [-0.3, -0.25) is 4.79 Å². The van der Waals surface area contributed by atoms with Crippen LogP contribution >= 0.6 is 11.3 Å². The lowest BCUT2D eigenvalue weighted by molar-refractivity contribution is 0.0951. The molecule has 0 bridgehead atoms. The van der Waals surface area contributed by atoms with Crippen molar-refractivity contribution in [2.75, 3.05) is 26.2 Å². The largest absolute Gasteiger partial charge is 0.350 e. The summed E-state index contributed by atoms with van der Waals surface area (Å²) in [6.07, 6.45) is 2.63. The highest BCUT2D eigenvalue weighted by Crippen LogP contribution is 2.02. The molecule has 1 amide bonds. The Hall–Kier alpha value is -0.940. The Kier molecular flexibility index (Phi) is 6.03. The van der Waals surface area contributed by atoms with Crippen LogP contribution in [0.2, 0.25) is 0 Å². The van der Waals surface area contributed by atoms with Crippen molar-refractivity contribution in [2.24, 2.45) is 0 Å². The number of rotatable bonds is 7. The summed E-state index contributed by atoms with van der Waals surface area (Å²) in [5.74, 6) is -0.0606. The van der Waals surface area contributed by atoms with E-state index in [1.807, 2.05) is 5.38 Å². The summed E-state index contributed by atoms with van der Waals surface area (Å²) in [4.78, 5) is 17.8. The Bertz CT molecular complexity index is 296. The smallest absolute Gasteiger partial charge is 0.280 e. The quantitative estimate of drug-likeness (QED) is 0.738. The van der Waals surface area contributed by atoms with Crippen LogP contribution in [0, 0.1) is 0 Å². The first-order chi connectivity index (χ1) is 7.77. The minimum absolute atomic E-state index is 0.0606. The van der Waals surface area contributed by atoms with Crippen LogP contribution in [0.15, 0.2) is 11.6 Å². The van der Waals surface area contributed by atoms with Crippen LogP contribution in [-0.4, -0.2) is 42.0 Å². The van der Waals surface area contributed by atoms with Crippen molar-refractivity contribution < 1.29 is 4.79 Å². The van der Waals surface area contributed by atoms with Crippen LogP contribution in [-0.2, 0) is 0 Å². The fourth-order valence-electron chi connectivity index (χ4n) is 1.46. The second-order valence-electron chi connectivity index (χ2n) is 3.47. The van der Waals surface area contributed by atoms with Gasteiger partial charge < -0.3 is 10.2 Å².